The lowest BCUT2D eigenvalue weighted by Gasteiger charge is -2.10. The normalized spacial score (nSPS) is 11.9. The van der Waals surface area contributed by atoms with Crippen molar-refractivity contribution in [2.45, 2.75) is 38.0 Å². The highest BCUT2D eigenvalue weighted by atomic mass is 19.4. The van der Waals surface area contributed by atoms with E-state index in [9.17, 15) is 35.9 Å². The monoisotopic (exact) mass is 592 g/mol. The molecule has 0 fully saturated rings. The number of halogens is 6. The van der Waals surface area contributed by atoms with E-state index in [4.69, 9.17) is 14.6 Å². The van der Waals surface area contributed by atoms with Crippen LogP contribution in [0.3, 0.4) is 0 Å². The number of aliphatic carboxylic acids is 1. The summed E-state index contributed by atoms with van der Waals surface area (Å²) >= 11 is 0. The maximum Gasteiger partial charge on any atom is 0.433 e. The van der Waals surface area contributed by atoms with Crippen molar-refractivity contribution in [2.75, 3.05) is 34.5 Å². The molecule has 0 saturated heterocycles. The Morgan fingerprint density at radius 1 is 0.756 bits per heavy atom. The molecule has 2 aromatic rings. The minimum atomic E-state index is -4.52. The fourth-order valence-corrected chi connectivity index (χ4v) is 3.20. The second kappa shape index (κ2) is 17.1. The molecule has 8 nitrogen and oxygen atoms in total. The van der Waals surface area contributed by atoms with Crippen LogP contribution in [-0.2, 0) is 49.0 Å². The molecule has 2 aromatic heterocycles. The minimum absolute atomic E-state index is 0.203. The predicted molar refractivity (Wildman–Crippen MR) is 137 cm³/mol. The van der Waals surface area contributed by atoms with Crippen LogP contribution in [0.4, 0.5) is 26.3 Å². The van der Waals surface area contributed by atoms with Crippen LogP contribution < -0.4 is 0 Å². The van der Waals surface area contributed by atoms with Gasteiger partial charge in [-0.2, -0.15) is 26.3 Å². The second-order valence-corrected chi connectivity index (χ2v) is 8.18. The third kappa shape index (κ3) is 13.4. The van der Waals surface area contributed by atoms with Gasteiger partial charge in [0.15, 0.2) is 0 Å². The van der Waals surface area contributed by atoms with E-state index in [0.29, 0.717) is 43.6 Å². The number of hydrogen-bond donors (Lipinski definition) is 1. The quantitative estimate of drug-likeness (QED) is 0.146. The van der Waals surface area contributed by atoms with Crippen molar-refractivity contribution in [3.05, 3.63) is 70.3 Å². The van der Waals surface area contributed by atoms with Gasteiger partial charge in [-0.15, -0.1) is 0 Å². The molecule has 0 spiro atoms. The van der Waals surface area contributed by atoms with E-state index in [2.05, 4.69) is 14.7 Å². The van der Waals surface area contributed by atoms with Crippen LogP contribution >= 0.6 is 0 Å². The number of carboxylic acid groups (broad SMARTS) is 1. The molecule has 41 heavy (non-hydrogen) atoms. The molecule has 226 valence electrons. The van der Waals surface area contributed by atoms with Crippen LogP contribution in [-0.4, -0.2) is 61.6 Å². The Labute approximate surface area is 232 Å². The lowest BCUT2D eigenvalue weighted by Crippen LogP contribution is -2.11. The number of carbonyl (C=O) groups is 2. The van der Waals surface area contributed by atoms with Gasteiger partial charge in [0.25, 0.3) is 0 Å². The standard InChI is InChI=1S/C14H16F3NO3.C13H14F3NO3/c1-20-9-3-4-11-10(6-8-13(19)21-2)5-7-12(18-11)14(15,16)17;1-20-8-2-3-10-9(5-7-12(18)19)4-6-11(17-10)13(14,15)16/h5-8H,3-4,9H2,1-2H3;4-7H,2-3,8H2,1H3,(H,18,19). The smallest absolute Gasteiger partial charge is 0.433 e. The number of rotatable bonds is 12. The average Bonchev–Trinajstić information content (AvgIpc) is 2.90. The molecule has 2 rings (SSSR count). The van der Waals surface area contributed by atoms with E-state index < -0.39 is 35.7 Å². The number of alkyl halides is 6. The van der Waals surface area contributed by atoms with E-state index in [1.807, 2.05) is 0 Å². The molecule has 0 aliphatic heterocycles. The van der Waals surface area contributed by atoms with Crippen molar-refractivity contribution in [1.82, 2.24) is 9.97 Å². The highest BCUT2D eigenvalue weighted by Gasteiger charge is 2.33. The summed E-state index contributed by atoms with van der Waals surface area (Å²) in [6.07, 6.45) is -2.77. The zero-order chi connectivity index (χ0) is 31.1. The number of esters is 1. The Kier molecular flexibility index (Phi) is 14.7. The van der Waals surface area contributed by atoms with E-state index in [1.54, 1.807) is 0 Å². The maximum absolute atomic E-state index is 12.7. The third-order valence-corrected chi connectivity index (χ3v) is 5.13. The molecule has 0 unspecified atom stereocenters. The molecule has 0 aromatic carbocycles. The number of pyridine rings is 2. The summed E-state index contributed by atoms with van der Waals surface area (Å²) in [7, 11) is 4.22. The molecular weight excluding hydrogens is 562 g/mol. The summed E-state index contributed by atoms with van der Waals surface area (Å²) in [5.74, 6) is -1.76. The lowest BCUT2D eigenvalue weighted by atomic mass is 10.1. The fourth-order valence-electron chi connectivity index (χ4n) is 3.20. The Morgan fingerprint density at radius 3 is 1.51 bits per heavy atom. The molecule has 0 amide bonds. The van der Waals surface area contributed by atoms with Crippen LogP contribution in [0.25, 0.3) is 12.2 Å². The third-order valence-electron chi connectivity index (χ3n) is 5.13. The van der Waals surface area contributed by atoms with Crippen LogP contribution in [0.2, 0.25) is 0 Å². The van der Waals surface area contributed by atoms with Crippen molar-refractivity contribution in [3.8, 4) is 0 Å². The molecule has 14 heteroatoms. The SMILES string of the molecule is COCCCc1nc(C(F)(F)F)ccc1C=CC(=O)O.COCCCc1nc(C(F)(F)F)ccc1C=CC(=O)OC. The van der Waals surface area contributed by atoms with E-state index in [1.165, 1.54) is 45.6 Å². The Balaban J connectivity index is 0.000000410. The fraction of sp³-hybridized carbons (Fsp3) is 0.407. The zero-order valence-electron chi connectivity index (χ0n) is 22.5. The number of carbonyl (C=O) groups excluding carboxylic acids is 1. The number of aryl methyl sites for hydroxylation is 2. The first-order valence-electron chi connectivity index (χ1n) is 12.0. The Bertz CT molecular complexity index is 1200. The van der Waals surface area contributed by atoms with E-state index in [0.717, 1.165) is 24.3 Å². The van der Waals surface area contributed by atoms with Crippen LogP contribution in [0.5, 0.6) is 0 Å². The molecule has 0 bridgehead atoms. The summed E-state index contributed by atoms with van der Waals surface area (Å²) < 4.78 is 90.0. The van der Waals surface area contributed by atoms with Crippen molar-refractivity contribution < 1.29 is 55.2 Å². The van der Waals surface area contributed by atoms with Crippen LogP contribution in [0, 0.1) is 0 Å². The lowest BCUT2D eigenvalue weighted by molar-refractivity contribution is -0.142. The second-order valence-electron chi connectivity index (χ2n) is 8.18. The molecule has 0 aliphatic rings. The van der Waals surface area contributed by atoms with Gasteiger partial charge in [-0.05, 0) is 61.1 Å². The summed E-state index contributed by atoms with van der Waals surface area (Å²) in [6.45, 7) is 0.804. The van der Waals surface area contributed by atoms with Gasteiger partial charge < -0.3 is 19.3 Å². The highest BCUT2D eigenvalue weighted by Crippen LogP contribution is 2.30. The van der Waals surface area contributed by atoms with E-state index in [-0.39, 0.29) is 17.8 Å². The van der Waals surface area contributed by atoms with Gasteiger partial charge in [-0.1, -0.05) is 12.1 Å². The number of carboxylic acids is 1. The topological polar surface area (TPSA) is 108 Å². The summed E-state index contributed by atoms with van der Waals surface area (Å²) in [5, 5.41) is 8.56. The summed E-state index contributed by atoms with van der Waals surface area (Å²) in [5.41, 5.74) is -0.667. The van der Waals surface area contributed by atoms with Gasteiger partial charge in [0.05, 0.1) is 7.11 Å². The first-order chi connectivity index (χ1) is 19.2. The van der Waals surface area contributed by atoms with Crippen molar-refractivity contribution in [2.24, 2.45) is 0 Å². The number of methoxy groups -OCH3 is 3. The number of aromatic nitrogens is 2. The molecule has 0 radical (unpaired) electrons. The molecular formula is C27H30F6N2O6. The zero-order valence-corrected chi connectivity index (χ0v) is 22.5. The number of ether oxygens (including phenoxy) is 3. The average molecular weight is 593 g/mol. The first-order valence-corrected chi connectivity index (χ1v) is 12.0. The molecule has 2 heterocycles. The number of hydrogen-bond acceptors (Lipinski definition) is 7. The van der Waals surface area contributed by atoms with Crippen molar-refractivity contribution in [1.29, 1.82) is 0 Å². The van der Waals surface area contributed by atoms with E-state index >= 15 is 0 Å². The molecule has 0 atom stereocenters. The Hall–Kier alpha value is -3.78. The van der Waals surface area contributed by atoms with Crippen LogP contribution in [0.1, 0.15) is 46.7 Å². The van der Waals surface area contributed by atoms with Gasteiger partial charge in [0, 0.05) is 51.0 Å². The maximum atomic E-state index is 12.7. The van der Waals surface area contributed by atoms with Gasteiger partial charge in [0.1, 0.15) is 11.4 Å². The molecule has 0 aliphatic carbocycles. The van der Waals surface area contributed by atoms with Crippen molar-refractivity contribution >= 4 is 24.1 Å². The van der Waals surface area contributed by atoms with Gasteiger partial charge in [-0.25, -0.2) is 19.6 Å². The van der Waals surface area contributed by atoms with Crippen molar-refractivity contribution in [3.63, 3.8) is 0 Å². The number of nitrogens with zero attached hydrogens (tertiary/aromatic N) is 2. The molecule has 1 N–H and O–H groups in total. The van der Waals surface area contributed by atoms with Gasteiger partial charge in [0.2, 0.25) is 0 Å². The van der Waals surface area contributed by atoms with Gasteiger partial charge in [-0.3, -0.25) is 0 Å². The Morgan fingerprint density at radius 2 is 1.17 bits per heavy atom. The van der Waals surface area contributed by atoms with Crippen LogP contribution in [0.15, 0.2) is 36.4 Å². The van der Waals surface area contributed by atoms with Gasteiger partial charge >= 0.3 is 24.3 Å². The first kappa shape index (κ1) is 35.2. The minimum Gasteiger partial charge on any atom is -0.478 e. The largest absolute Gasteiger partial charge is 0.478 e. The predicted octanol–water partition coefficient (Wildman–Crippen LogP) is 5.64. The highest BCUT2D eigenvalue weighted by molar-refractivity contribution is 5.87. The summed E-state index contributed by atoms with van der Waals surface area (Å²) in [6, 6.07) is 4.23. The molecule has 0 saturated carbocycles. The summed E-state index contributed by atoms with van der Waals surface area (Å²) in [4.78, 5) is 28.7.